The lowest BCUT2D eigenvalue weighted by Gasteiger charge is -2.20. The molecule has 0 saturated heterocycles. The van der Waals surface area contributed by atoms with E-state index in [1.165, 1.54) is 11.3 Å². The molecule has 3 heteroatoms. The molecule has 1 aliphatic rings. The van der Waals surface area contributed by atoms with E-state index in [1.807, 2.05) is 18.2 Å². The second kappa shape index (κ2) is 4.00. The average Bonchev–Trinajstić information content (AvgIpc) is 2.70. The number of hydrogen-bond acceptors (Lipinski definition) is 2. The Bertz CT molecular complexity index is 528. The summed E-state index contributed by atoms with van der Waals surface area (Å²) in [6.45, 7) is 3.19. The van der Waals surface area contributed by atoms with Gasteiger partial charge in [0.25, 0.3) is 0 Å². The first-order valence-corrected chi connectivity index (χ1v) is 6.15. The highest BCUT2D eigenvalue weighted by molar-refractivity contribution is 5.62. The maximum atomic E-state index is 6.12. The molecule has 1 aromatic heterocycles. The highest BCUT2D eigenvalue weighted by Gasteiger charge is 2.22. The van der Waals surface area contributed by atoms with Crippen molar-refractivity contribution in [2.24, 2.45) is 5.73 Å². The number of fused-ring (bicyclic) bond motifs is 1. The number of benzene rings is 1. The van der Waals surface area contributed by atoms with Gasteiger partial charge in [0.2, 0.25) is 0 Å². The Hall–Kier alpha value is -1.61. The zero-order valence-electron chi connectivity index (χ0n) is 10.1. The lowest BCUT2D eigenvalue weighted by Crippen LogP contribution is -2.22. The van der Waals surface area contributed by atoms with Crippen LogP contribution in [0.2, 0.25) is 0 Å². The average molecular weight is 227 g/mol. The first kappa shape index (κ1) is 10.5. The molecule has 0 spiro atoms. The molecular formula is C14H17N3. The SMILES string of the molecule is Cc1c(-c2ccccc2)nc2n1CCCC2N. The van der Waals surface area contributed by atoms with Gasteiger partial charge in [0.1, 0.15) is 5.82 Å². The van der Waals surface area contributed by atoms with E-state index in [1.54, 1.807) is 0 Å². The van der Waals surface area contributed by atoms with Crippen molar-refractivity contribution in [3.63, 3.8) is 0 Å². The maximum absolute atomic E-state index is 6.12. The normalized spacial score (nSPS) is 19.1. The highest BCUT2D eigenvalue weighted by Crippen LogP contribution is 2.30. The molecule has 1 aromatic carbocycles. The second-order valence-corrected chi connectivity index (χ2v) is 4.67. The van der Waals surface area contributed by atoms with Crippen molar-refractivity contribution < 1.29 is 0 Å². The molecule has 0 bridgehead atoms. The van der Waals surface area contributed by atoms with Gasteiger partial charge in [0.05, 0.1) is 11.7 Å². The van der Waals surface area contributed by atoms with Gasteiger partial charge in [-0.25, -0.2) is 4.98 Å². The summed E-state index contributed by atoms with van der Waals surface area (Å²) in [4.78, 5) is 4.74. The Morgan fingerprint density at radius 2 is 2.06 bits per heavy atom. The predicted octanol–water partition coefficient (Wildman–Crippen LogP) is 2.65. The van der Waals surface area contributed by atoms with E-state index >= 15 is 0 Å². The van der Waals surface area contributed by atoms with E-state index in [0.29, 0.717) is 0 Å². The van der Waals surface area contributed by atoms with Gasteiger partial charge in [-0.3, -0.25) is 0 Å². The Labute approximate surface area is 101 Å². The van der Waals surface area contributed by atoms with Crippen LogP contribution in [0.4, 0.5) is 0 Å². The van der Waals surface area contributed by atoms with Crippen LogP contribution in [0, 0.1) is 6.92 Å². The third-order valence-corrected chi connectivity index (χ3v) is 3.53. The third-order valence-electron chi connectivity index (χ3n) is 3.53. The minimum Gasteiger partial charge on any atom is -0.330 e. The van der Waals surface area contributed by atoms with E-state index in [9.17, 15) is 0 Å². The smallest absolute Gasteiger partial charge is 0.126 e. The minimum absolute atomic E-state index is 0.0971. The summed E-state index contributed by atoms with van der Waals surface area (Å²) in [5.41, 5.74) is 9.62. The molecule has 2 aromatic rings. The molecule has 0 fully saturated rings. The van der Waals surface area contributed by atoms with Crippen molar-refractivity contribution in [3.05, 3.63) is 41.9 Å². The Morgan fingerprint density at radius 1 is 1.29 bits per heavy atom. The number of rotatable bonds is 1. The van der Waals surface area contributed by atoms with Crippen molar-refractivity contribution in [3.8, 4) is 11.3 Å². The standard InChI is InChI=1S/C14H17N3/c1-10-13(11-6-3-2-4-7-11)16-14-12(15)8-5-9-17(10)14/h2-4,6-7,12H,5,8-9,15H2,1H3. The molecule has 3 nitrogen and oxygen atoms in total. The summed E-state index contributed by atoms with van der Waals surface area (Å²) in [5.74, 6) is 1.05. The van der Waals surface area contributed by atoms with Crippen LogP contribution in [0.5, 0.6) is 0 Å². The number of imidazole rings is 1. The molecule has 1 aliphatic heterocycles. The van der Waals surface area contributed by atoms with E-state index < -0.39 is 0 Å². The summed E-state index contributed by atoms with van der Waals surface area (Å²) in [6, 6.07) is 10.4. The van der Waals surface area contributed by atoms with Crippen LogP contribution in [-0.4, -0.2) is 9.55 Å². The van der Waals surface area contributed by atoms with Crippen molar-refractivity contribution in [1.82, 2.24) is 9.55 Å². The molecule has 0 amide bonds. The van der Waals surface area contributed by atoms with Crippen molar-refractivity contribution in [2.45, 2.75) is 32.4 Å². The van der Waals surface area contributed by atoms with Crippen molar-refractivity contribution in [2.75, 3.05) is 0 Å². The molecule has 1 unspecified atom stereocenters. The van der Waals surface area contributed by atoms with E-state index in [4.69, 9.17) is 10.7 Å². The van der Waals surface area contributed by atoms with E-state index in [-0.39, 0.29) is 6.04 Å². The van der Waals surface area contributed by atoms with Gasteiger partial charge in [-0.05, 0) is 19.8 Å². The van der Waals surface area contributed by atoms with Gasteiger partial charge in [0.15, 0.2) is 0 Å². The number of hydrogen-bond donors (Lipinski definition) is 1. The quantitative estimate of drug-likeness (QED) is 0.814. The van der Waals surface area contributed by atoms with Gasteiger partial charge in [0, 0.05) is 17.8 Å². The summed E-state index contributed by atoms with van der Waals surface area (Å²) in [5, 5.41) is 0. The topological polar surface area (TPSA) is 43.8 Å². The van der Waals surface area contributed by atoms with Crippen molar-refractivity contribution in [1.29, 1.82) is 0 Å². The van der Waals surface area contributed by atoms with Crippen LogP contribution in [0.25, 0.3) is 11.3 Å². The summed E-state index contributed by atoms with van der Waals surface area (Å²) >= 11 is 0. The Morgan fingerprint density at radius 3 is 2.76 bits per heavy atom. The van der Waals surface area contributed by atoms with E-state index in [2.05, 4.69) is 23.6 Å². The molecule has 88 valence electrons. The number of nitrogens with zero attached hydrogens (tertiary/aromatic N) is 2. The number of aromatic nitrogens is 2. The molecule has 2 heterocycles. The van der Waals surface area contributed by atoms with Crippen molar-refractivity contribution >= 4 is 0 Å². The van der Waals surface area contributed by atoms with Crippen LogP contribution in [0.15, 0.2) is 30.3 Å². The van der Waals surface area contributed by atoms with Gasteiger partial charge >= 0.3 is 0 Å². The molecule has 1 atom stereocenters. The van der Waals surface area contributed by atoms with Gasteiger partial charge in [-0.1, -0.05) is 30.3 Å². The molecular weight excluding hydrogens is 210 g/mol. The third kappa shape index (κ3) is 1.67. The summed E-state index contributed by atoms with van der Waals surface area (Å²) in [6.07, 6.45) is 2.20. The fourth-order valence-corrected chi connectivity index (χ4v) is 2.59. The lowest BCUT2D eigenvalue weighted by molar-refractivity contribution is 0.446. The minimum atomic E-state index is 0.0971. The molecule has 0 radical (unpaired) electrons. The molecule has 3 rings (SSSR count). The predicted molar refractivity (Wildman–Crippen MR) is 68.6 cm³/mol. The van der Waals surface area contributed by atoms with E-state index in [0.717, 1.165) is 30.9 Å². The maximum Gasteiger partial charge on any atom is 0.126 e. The zero-order valence-corrected chi connectivity index (χ0v) is 10.1. The summed E-state index contributed by atoms with van der Waals surface area (Å²) < 4.78 is 2.27. The fraction of sp³-hybridized carbons (Fsp3) is 0.357. The van der Waals surface area contributed by atoms with Crippen LogP contribution < -0.4 is 5.73 Å². The zero-order chi connectivity index (χ0) is 11.8. The first-order chi connectivity index (χ1) is 8.27. The summed E-state index contributed by atoms with van der Waals surface area (Å²) in [7, 11) is 0. The van der Waals surface area contributed by atoms with Crippen LogP contribution in [0.1, 0.15) is 30.4 Å². The molecule has 2 N–H and O–H groups in total. The van der Waals surface area contributed by atoms with Gasteiger partial charge < -0.3 is 10.3 Å². The van der Waals surface area contributed by atoms with Gasteiger partial charge in [-0.2, -0.15) is 0 Å². The van der Waals surface area contributed by atoms with Crippen LogP contribution >= 0.6 is 0 Å². The molecule has 0 saturated carbocycles. The Balaban J connectivity index is 2.14. The largest absolute Gasteiger partial charge is 0.330 e. The van der Waals surface area contributed by atoms with Gasteiger partial charge in [-0.15, -0.1) is 0 Å². The molecule has 0 aliphatic carbocycles. The lowest BCUT2D eigenvalue weighted by atomic mass is 10.1. The highest BCUT2D eigenvalue weighted by atomic mass is 15.1. The number of nitrogens with two attached hydrogens (primary N) is 1. The molecule has 17 heavy (non-hydrogen) atoms. The first-order valence-electron chi connectivity index (χ1n) is 6.15. The monoisotopic (exact) mass is 227 g/mol. The second-order valence-electron chi connectivity index (χ2n) is 4.67. The van der Waals surface area contributed by atoms with Crippen LogP contribution in [-0.2, 0) is 6.54 Å². The van der Waals surface area contributed by atoms with Crippen LogP contribution in [0.3, 0.4) is 0 Å². The fourth-order valence-electron chi connectivity index (χ4n) is 2.59. The Kier molecular flexibility index (Phi) is 2.48.